The summed E-state index contributed by atoms with van der Waals surface area (Å²) in [6.45, 7) is 3.26. The third-order valence-corrected chi connectivity index (χ3v) is 6.99. The Hall–Kier alpha value is -1.70. The first kappa shape index (κ1) is 17.7. The lowest BCUT2D eigenvalue weighted by atomic mass is 10.1. The number of hydrogen-bond acceptors (Lipinski definition) is 6. The Morgan fingerprint density at radius 2 is 1.74 bits per heavy atom. The number of hydrogen-bond donors (Lipinski definition) is 0. The Morgan fingerprint density at radius 1 is 1.22 bits per heavy atom. The smallest absolute Gasteiger partial charge is 0.243 e. The first-order valence-corrected chi connectivity index (χ1v) is 9.09. The van der Waals surface area contributed by atoms with Crippen molar-refractivity contribution in [2.75, 3.05) is 26.0 Å². The highest BCUT2D eigenvalue weighted by molar-refractivity contribution is 7.94. The molecule has 0 aliphatic heterocycles. The van der Waals surface area contributed by atoms with E-state index >= 15 is 0 Å². The molecule has 23 heavy (non-hydrogen) atoms. The van der Waals surface area contributed by atoms with Crippen molar-refractivity contribution in [2.24, 2.45) is 0 Å². The molecular weight excluding hydrogens is 316 g/mol. The van der Waals surface area contributed by atoms with E-state index in [1.165, 1.54) is 18.7 Å². The van der Waals surface area contributed by atoms with Gasteiger partial charge in [-0.05, 0) is 26.7 Å². The van der Waals surface area contributed by atoms with Gasteiger partial charge in [-0.2, -0.15) is 0 Å². The summed E-state index contributed by atoms with van der Waals surface area (Å²) in [6.07, 6.45) is 4.61. The van der Waals surface area contributed by atoms with Crippen molar-refractivity contribution in [1.82, 2.24) is 14.9 Å². The van der Waals surface area contributed by atoms with Crippen LogP contribution in [-0.4, -0.2) is 60.3 Å². The maximum Gasteiger partial charge on any atom is 0.243 e. The first-order chi connectivity index (χ1) is 10.6. The van der Waals surface area contributed by atoms with Crippen LogP contribution < -0.4 is 4.90 Å². The standard InChI is InChI=1S/C15H24N4O3S/c1-15(2,23(21,22)12-6-7-12)13(20)19(5)10-11-8-16-14(17-9-11)18(3)4/h8-9,12H,6-7,10H2,1-5H3. The van der Waals surface area contributed by atoms with Gasteiger partial charge >= 0.3 is 0 Å². The topological polar surface area (TPSA) is 83.5 Å². The Kier molecular flexibility index (Phi) is 4.66. The predicted molar refractivity (Wildman–Crippen MR) is 88.9 cm³/mol. The van der Waals surface area contributed by atoms with Crippen molar-refractivity contribution in [1.29, 1.82) is 0 Å². The van der Waals surface area contributed by atoms with E-state index in [0.717, 1.165) is 5.56 Å². The van der Waals surface area contributed by atoms with Gasteiger partial charge in [0.15, 0.2) is 9.84 Å². The number of aromatic nitrogens is 2. The minimum atomic E-state index is -3.45. The number of sulfone groups is 1. The summed E-state index contributed by atoms with van der Waals surface area (Å²) in [5, 5.41) is -0.363. The molecule has 0 unspecified atom stereocenters. The fraction of sp³-hybridized carbons (Fsp3) is 0.667. The SMILES string of the molecule is CN(Cc1cnc(N(C)C)nc1)C(=O)C(C)(C)S(=O)(=O)C1CC1. The van der Waals surface area contributed by atoms with E-state index in [1.54, 1.807) is 24.3 Å². The molecule has 0 aromatic carbocycles. The molecule has 0 saturated heterocycles. The summed E-state index contributed by atoms with van der Waals surface area (Å²) in [5.74, 6) is 0.181. The van der Waals surface area contributed by atoms with Gasteiger partial charge in [-0.25, -0.2) is 18.4 Å². The van der Waals surface area contributed by atoms with Gasteiger partial charge in [0.05, 0.1) is 5.25 Å². The molecule has 7 nitrogen and oxygen atoms in total. The third kappa shape index (κ3) is 3.46. The second kappa shape index (κ2) is 6.07. The maximum absolute atomic E-state index is 12.6. The van der Waals surface area contributed by atoms with Crippen molar-refractivity contribution in [3.63, 3.8) is 0 Å². The molecule has 0 bridgehead atoms. The molecule has 1 fully saturated rings. The van der Waals surface area contributed by atoms with E-state index < -0.39 is 20.5 Å². The molecule has 1 aromatic rings. The van der Waals surface area contributed by atoms with Gasteiger partial charge in [0, 0.05) is 45.6 Å². The molecule has 8 heteroatoms. The summed E-state index contributed by atoms with van der Waals surface area (Å²) < 4.78 is 23.5. The summed E-state index contributed by atoms with van der Waals surface area (Å²) in [5.41, 5.74) is 0.756. The molecule has 128 valence electrons. The van der Waals surface area contributed by atoms with E-state index in [9.17, 15) is 13.2 Å². The molecule has 0 N–H and O–H groups in total. The lowest BCUT2D eigenvalue weighted by molar-refractivity contribution is -0.132. The van der Waals surface area contributed by atoms with Crippen molar-refractivity contribution < 1.29 is 13.2 Å². The van der Waals surface area contributed by atoms with E-state index in [2.05, 4.69) is 9.97 Å². The second-order valence-corrected chi connectivity index (χ2v) is 9.48. The van der Waals surface area contributed by atoms with E-state index in [0.29, 0.717) is 18.8 Å². The maximum atomic E-state index is 12.6. The van der Waals surface area contributed by atoms with E-state index in [4.69, 9.17) is 0 Å². The molecule has 1 aliphatic rings. The lowest BCUT2D eigenvalue weighted by Gasteiger charge is -2.29. The van der Waals surface area contributed by atoms with Crippen LogP contribution in [0, 0.1) is 0 Å². The molecule has 0 atom stereocenters. The number of carbonyl (C=O) groups is 1. The highest BCUT2D eigenvalue weighted by atomic mass is 32.2. The molecule has 1 aromatic heterocycles. The highest BCUT2D eigenvalue weighted by Gasteiger charge is 2.51. The number of nitrogens with zero attached hydrogens (tertiary/aromatic N) is 4. The molecule has 1 saturated carbocycles. The average molecular weight is 340 g/mol. The van der Waals surface area contributed by atoms with Crippen LogP contribution in [0.1, 0.15) is 32.3 Å². The van der Waals surface area contributed by atoms with E-state index in [1.807, 2.05) is 14.1 Å². The fourth-order valence-corrected chi connectivity index (χ4v) is 4.37. The Bertz CT molecular complexity index is 679. The van der Waals surface area contributed by atoms with Crippen molar-refractivity contribution in [3.05, 3.63) is 18.0 Å². The first-order valence-electron chi connectivity index (χ1n) is 7.54. The summed E-state index contributed by atoms with van der Waals surface area (Å²) in [4.78, 5) is 24.2. The zero-order valence-corrected chi connectivity index (χ0v) is 15.1. The van der Waals surface area contributed by atoms with Crippen LogP contribution in [0.15, 0.2) is 12.4 Å². The zero-order valence-electron chi connectivity index (χ0n) is 14.3. The van der Waals surface area contributed by atoms with Crippen LogP contribution in [0.2, 0.25) is 0 Å². The summed E-state index contributed by atoms with van der Waals surface area (Å²) in [6, 6.07) is 0. The van der Waals surface area contributed by atoms with Crippen molar-refractivity contribution in [2.45, 2.75) is 43.2 Å². The number of amides is 1. The normalized spacial score (nSPS) is 15.3. The monoisotopic (exact) mass is 340 g/mol. The molecule has 1 heterocycles. The summed E-state index contributed by atoms with van der Waals surface area (Å²) in [7, 11) is 1.84. The Labute approximate surface area is 137 Å². The van der Waals surface area contributed by atoms with Gasteiger partial charge < -0.3 is 9.80 Å². The lowest BCUT2D eigenvalue weighted by Crippen LogP contribution is -2.49. The van der Waals surface area contributed by atoms with Crippen LogP contribution in [0.5, 0.6) is 0 Å². The Morgan fingerprint density at radius 3 is 2.17 bits per heavy atom. The highest BCUT2D eigenvalue weighted by Crippen LogP contribution is 2.36. The van der Waals surface area contributed by atoms with Crippen LogP contribution in [0.3, 0.4) is 0 Å². The molecule has 2 rings (SSSR count). The van der Waals surface area contributed by atoms with Crippen LogP contribution in [0.4, 0.5) is 5.95 Å². The molecular formula is C15H24N4O3S. The molecule has 0 spiro atoms. The number of rotatable bonds is 6. The fourth-order valence-electron chi connectivity index (χ4n) is 2.38. The van der Waals surface area contributed by atoms with Gasteiger partial charge in [-0.1, -0.05) is 0 Å². The molecule has 1 amide bonds. The predicted octanol–water partition coefficient (Wildman–Crippen LogP) is 0.857. The molecule has 1 aliphatic carbocycles. The number of carbonyl (C=O) groups excluding carboxylic acids is 1. The van der Waals surface area contributed by atoms with Gasteiger partial charge in [-0.15, -0.1) is 0 Å². The van der Waals surface area contributed by atoms with Gasteiger partial charge in [0.25, 0.3) is 0 Å². The summed E-state index contributed by atoms with van der Waals surface area (Å²) >= 11 is 0. The van der Waals surface area contributed by atoms with E-state index in [-0.39, 0.29) is 11.8 Å². The Balaban J connectivity index is 2.10. The van der Waals surface area contributed by atoms with Gasteiger partial charge in [0.1, 0.15) is 4.75 Å². The zero-order chi connectivity index (χ0) is 17.4. The van der Waals surface area contributed by atoms with Crippen LogP contribution in [-0.2, 0) is 21.2 Å². The van der Waals surface area contributed by atoms with Crippen molar-refractivity contribution >= 4 is 21.7 Å². The second-order valence-electron chi connectivity index (χ2n) is 6.70. The van der Waals surface area contributed by atoms with Gasteiger partial charge in [0.2, 0.25) is 11.9 Å². The quantitative estimate of drug-likeness (QED) is 0.764. The largest absolute Gasteiger partial charge is 0.347 e. The van der Waals surface area contributed by atoms with Crippen LogP contribution in [0.25, 0.3) is 0 Å². The van der Waals surface area contributed by atoms with Gasteiger partial charge in [-0.3, -0.25) is 4.79 Å². The molecule has 0 radical (unpaired) electrons. The minimum absolute atomic E-state index is 0.274. The minimum Gasteiger partial charge on any atom is -0.347 e. The number of anilines is 1. The van der Waals surface area contributed by atoms with Crippen LogP contribution >= 0.6 is 0 Å². The third-order valence-electron chi connectivity index (χ3n) is 4.05. The average Bonchev–Trinajstić information content (AvgIpc) is 3.31. The van der Waals surface area contributed by atoms with Crippen molar-refractivity contribution in [3.8, 4) is 0 Å².